The summed E-state index contributed by atoms with van der Waals surface area (Å²) in [7, 11) is -2.57. The Hall–Kier alpha value is -3.17. The highest BCUT2D eigenvalue weighted by molar-refractivity contribution is 7.89. The van der Waals surface area contributed by atoms with E-state index < -0.39 is 21.9 Å². The smallest absolute Gasteiger partial charge is 0.331 e. The number of methoxy groups -OCH3 is 1. The Balaban J connectivity index is 2.05. The summed E-state index contributed by atoms with van der Waals surface area (Å²) in [4.78, 5) is 22.8. The number of sulfonamides is 1. The number of hydrogen-bond acceptors (Lipinski definition) is 6. The van der Waals surface area contributed by atoms with Gasteiger partial charge in [-0.15, -0.1) is 0 Å². The number of benzene rings is 2. The molecule has 8 nitrogen and oxygen atoms in total. The number of esters is 1. The Morgan fingerprint density at radius 2 is 1.74 bits per heavy atom. The monoisotopic (exact) mass is 446 g/mol. The molecule has 0 radical (unpaired) electrons. The molecule has 0 spiro atoms. The summed E-state index contributed by atoms with van der Waals surface area (Å²) < 4.78 is 37.9. The molecule has 0 aliphatic rings. The van der Waals surface area contributed by atoms with E-state index in [1.807, 2.05) is 31.2 Å². The molecule has 0 aromatic heterocycles. The molecule has 166 valence electrons. The molecule has 31 heavy (non-hydrogen) atoms. The maximum absolute atomic E-state index is 12.7. The number of carbonyl (C=O) groups is 2. The zero-order valence-corrected chi connectivity index (χ0v) is 18.5. The van der Waals surface area contributed by atoms with Crippen LogP contribution in [-0.4, -0.2) is 40.6 Å². The summed E-state index contributed by atoms with van der Waals surface area (Å²) in [5.41, 5.74) is 7.86. The average molecular weight is 447 g/mol. The van der Waals surface area contributed by atoms with Gasteiger partial charge in [-0.05, 0) is 55.2 Å². The van der Waals surface area contributed by atoms with E-state index in [1.54, 1.807) is 6.92 Å². The average Bonchev–Trinajstić information content (AvgIpc) is 2.73. The quantitative estimate of drug-likeness (QED) is 0.426. The predicted molar refractivity (Wildman–Crippen MR) is 117 cm³/mol. The van der Waals surface area contributed by atoms with E-state index in [0.29, 0.717) is 13.0 Å². The van der Waals surface area contributed by atoms with Crippen LogP contribution in [0.4, 0.5) is 0 Å². The van der Waals surface area contributed by atoms with Gasteiger partial charge < -0.3 is 15.2 Å². The van der Waals surface area contributed by atoms with Gasteiger partial charge in [0.15, 0.2) is 0 Å². The van der Waals surface area contributed by atoms with Crippen molar-refractivity contribution < 1.29 is 27.5 Å². The van der Waals surface area contributed by atoms with E-state index in [0.717, 1.165) is 16.7 Å². The van der Waals surface area contributed by atoms with E-state index in [4.69, 9.17) is 15.2 Å². The van der Waals surface area contributed by atoms with Crippen molar-refractivity contribution in [1.82, 2.24) is 4.72 Å². The number of allylic oxidation sites excluding steroid dienone is 1. The molecule has 0 heterocycles. The van der Waals surface area contributed by atoms with Crippen molar-refractivity contribution in [2.45, 2.75) is 25.2 Å². The fourth-order valence-electron chi connectivity index (χ4n) is 2.83. The fraction of sp³-hybridized carbons (Fsp3) is 0.273. The molecule has 0 fully saturated rings. The second kappa shape index (κ2) is 10.7. The van der Waals surface area contributed by atoms with Gasteiger partial charge in [0.1, 0.15) is 10.6 Å². The Bertz CT molecular complexity index is 1080. The fourth-order valence-corrected chi connectivity index (χ4v) is 4.05. The van der Waals surface area contributed by atoms with Crippen molar-refractivity contribution in [3.05, 3.63) is 65.2 Å². The van der Waals surface area contributed by atoms with E-state index >= 15 is 0 Å². The lowest BCUT2D eigenvalue weighted by atomic mass is 10.0. The van der Waals surface area contributed by atoms with Crippen LogP contribution in [0.15, 0.2) is 53.4 Å². The van der Waals surface area contributed by atoms with E-state index in [1.165, 1.54) is 31.4 Å². The molecule has 1 amide bonds. The van der Waals surface area contributed by atoms with Crippen LogP contribution < -0.4 is 15.2 Å². The number of primary amides is 1. The van der Waals surface area contributed by atoms with Crippen LogP contribution in [0.2, 0.25) is 0 Å². The normalized spacial score (nSPS) is 11.8. The number of nitrogens with one attached hydrogen (secondary N) is 1. The number of carbonyl (C=O) groups excluding carboxylic acids is 2. The number of hydrogen-bond donors (Lipinski definition) is 2. The molecule has 9 heteroatoms. The van der Waals surface area contributed by atoms with Crippen molar-refractivity contribution in [3.8, 4) is 5.75 Å². The number of rotatable bonds is 10. The minimum atomic E-state index is -3.91. The van der Waals surface area contributed by atoms with Crippen LogP contribution in [0.1, 0.15) is 35.3 Å². The van der Waals surface area contributed by atoms with Gasteiger partial charge in [0.05, 0.1) is 13.7 Å². The number of nitrogens with two attached hydrogens (primary N) is 1. The van der Waals surface area contributed by atoms with Gasteiger partial charge in [0, 0.05) is 18.2 Å². The van der Waals surface area contributed by atoms with Crippen molar-refractivity contribution in [2.75, 3.05) is 20.3 Å². The zero-order chi connectivity index (χ0) is 23.0. The van der Waals surface area contributed by atoms with Crippen LogP contribution in [0.25, 0.3) is 5.57 Å². The molecule has 0 aliphatic heterocycles. The lowest BCUT2D eigenvalue weighted by molar-refractivity contribution is -0.137. The Morgan fingerprint density at radius 1 is 1.10 bits per heavy atom. The van der Waals surface area contributed by atoms with Gasteiger partial charge in [-0.25, -0.2) is 17.9 Å². The largest absolute Gasteiger partial charge is 0.495 e. The standard InChI is InChI=1S/C22H26N2O6S/c1-4-30-21(25)13-15(2)17-7-5-16(6-8-17)11-12-24-31(27,28)20-14-18(22(23)26)9-10-19(20)29-3/h5-10,13-14,24H,4,11-12H2,1-3H3,(H2,23,26)/b15-13-. The first-order valence-electron chi connectivity index (χ1n) is 9.59. The van der Waals surface area contributed by atoms with Crippen molar-refractivity contribution in [3.63, 3.8) is 0 Å². The molecule has 3 N–H and O–H groups in total. The van der Waals surface area contributed by atoms with E-state index in [-0.39, 0.29) is 22.8 Å². The van der Waals surface area contributed by atoms with Crippen LogP contribution in [0.3, 0.4) is 0 Å². The first-order chi connectivity index (χ1) is 14.7. The Morgan fingerprint density at radius 3 is 2.32 bits per heavy atom. The molecular weight excluding hydrogens is 420 g/mol. The maximum Gasteiger partial charge on any atom is 0.331 e. The molecule has 2 rings (SSSR count). The molecule has 0 saturated carbocycles. The summed E-state index contributed by atoms with van der Waals surface area (Å²) >= 11 is 0. The van der Waals surface area contributed by atoms with Crippen molar-refractivity contribution in [1.29, 1.82) is 0 Å². The van der Waals surface area contributed by atoms with Crippen LogP contribution in [0, 0.1) is 0 Å². The molecular formula is C22H26N2O6S. The van der Waals surface area contributed by atoms with Gasteiger partial charge in [-0.3, -0.25) is 4.79 Å². The molecule has 0 unspecified atom stereocenters. The van der Waals surface area contributed by atoms with E-state index in [9.17, 15) is 18.0 Å². The van der Waals surface area contributed by atoms with Gasteiger partial charge in [0.2, 0.25) is 15.9 Å². The molecule has 0 atom stereocenters. The van der Waals surface area contributed by atoms with Gasteiger partial charge in [-0.1, -0.05) is 24.3 Å². The number of ether oxygens (including phenoxy) is 2. The minimum Gasteiger partial charge on any atom is -0.495 e. The molecule has 0 saturated heterocycles. The highest BCUT2D eigenvalue weighted by Gasteiger charge is 2.20. The van der Waals surface area contributed by atoms with Crippen molar-refractivity contribution >= 4 is 27.5 Å². The van der Waals surface area contributed by atoms with Crippen LogP contribution in [-0.2, 0) is 26.0 Å². The second-order valence-corrected chi connectivity index (χ2v) is 8.39. The van der Waals surface area contributed by atoms with Gasteiger partial charge >= 0.3 is 5.97 Å². The third-order valence-corrected chi connectivity index (χ3v) is 5.96. The topological polar surface area (TPSA) is 125 Å². The third-order valence-electron chi connectivity index (χ3n) is 4.47. The summed E-state index contributed by atoms with van der Waals surface area (Å²) in [5.74, 6) is -1.01. The lowest BCUT2D eigenvalue weighted by Gasteiger charge is -2.12. The molecule has 0 bridgehead atoms. The third kappa shape index (κ3) is 6.66. The summed E-state index contributed by atoms with van der Waals surface area (Å²) in [6.45, 7) is 4.02. The highest BCUT2D eigenvalue weighted by atomic mass is 32.2. The van der Waals surface area contributed by atoms with E-state index in [2.05, 4.69) is 4.72 Å². The maximum atomic E-state index is 12.7. The van der Waals surface area contributed by atoms with Crippen LogP contribution in [0.5, 0.6) is 5.75 Å². The Labute approximate surface area is 182 Å². The summed E-state index contributed by atoms with van der Waals surface area (Å²) in [6, 6.07) is 11.4. The Kier molecular flexibility index (Phi) is 8.35. The van der Waals surface area contributed by atoms with Gasteiger partial charge in [-0.2, -0.15) is 0 Å². The SMILES string of the molecule is CCOC(=O)/C=C(/C)c1ccc(CCNS(=O)(=O)c2cc(C(N)=O)ccc2OC)cc1. The van der Waals surface area contributed by atoms with Crippen LogP contribution >= 0.6 is 0 Å². The zero-order valence-electron chi connectivity index (χ0n) is 17.7. The van der Waals surface area contributed by atoms with Crippen molar-refractivity contribution in [2.24, 2.45) is 5.73 Å². The predicted octanol–water partition coefficient (Wildman–Crippen LogP) is 2.28. The first kappa shape index (κ1) is 24.1. The summed E-state index contributed by atoms with van der Waals surface area (Å²) in [5, 5.41) is 0. The summed E-state index contributed by atoms with van der Waals surface area (Å²) in [6.07, 6.45) is 1.87. The first-order valence-corrected chi connectivity index (χ1v) is 11.1. The molecule has 0 aliphatic carbocycles. The lowest BCUT2D eigenvalue weighted by Crippen LogP contribution is -2.27. The van der Waals surface area contributed by atoms with Gasteiger partial charge in [0.25, 0.3) is 0 Å². The second-order valence-electron chi connectivity index (χ2n) is 6.65. The highest BCUT2D eigenvalue weighted by Crippen LogP contribution is 2.24. The molecule has 2 aromatic carbocycles. The minimum absolute atomic E-state index is 0.0722. The molecule has 2 aromatic rings. The number of amides is 1.